The molecule has 10 nitrogen and oxygen atoms in total. The van der Waals surface area contributed by atoms with Gasteiger partial charge in [-0.3, -0.25) is 4.57 Å². The van der Waals surface area contributed by atoms with E-state index in [0.717, 1.165) is 6.42 Å². The lowest BCUT2D eigenvalue weighted by molar-refractivity contribution is -0.0511. The molecule has 1 aliphatic rings. The van der Waals surface area contributed by atoms with Gasteiger partial charge in [0.15, 0.2) is 23.2 Å². The van der Waals surface area contributed by atoms with E-state index in [1.54, 1.807) is 0 Å². The molecule has 0 saturated carbocycles. The summed E-state index contributed by atoms with van der Waals surface area (Å²) in [7, 11) is 0. The number of anilines is 1. The first-order valence-electron chi connectivity index (χ1n) is 9.46. The number of hydrogen-bond donors (Lipinski definition) is 5. The Morgan fingerprint density at radius 2 is 1.93 bits per heavy atom. The third kappa shape index (κ3) is 3.80. The molecule has 29 heavy (non-hydrogen) atoms. The summed E-state index contributed by atoms with van der Waals surface area (Å²) < 4.78 is 7.13. The average Bonchev–Trinajstić information content (AvgIpc) is 3.29. The number of imidazole rings is 1. The molecule has 4 rings (SSSR count). The van der Waals surface area contributed by atoms with Crippen LogP contribution >= 0.6 is 0 Å². The Kier molecular flexibility index (Phi) is 5.69. The van der Waals surface area contributed by atoms with Gasteiger partial charge in [-0.1, -0.05) is 30.3 Å². The Labute approximate surface area is 167 Å². The topological polar surface area (TPSA) is 152 Å². The molecule has 0 bridgehead atoms. The number of fused-ring (bicyclic) bond motifs is 1. The molecular weight excluding hydrogens is 376 g/mol. The molecule has 1 saturated heterocycles. The van der Waals surface area contributed by atoms with Gasteiger partial charge < -0.3 is 31.1 Å². The van der Waals surface area contributed by atoms with Crippen molar-refractivity contribution in [3.63, 3.8) is 0 Å². The Morgan fingerprint density at radius 1 is 1.14 bits per heavy atom. The smallest absolute Gasteiger partial charge is 0.168 e. The first-order chi connectivity index (χ1) is 14.1. The molecule has 154 valence electrons. The van der Waals surface area contributed by atoms with Crippen molar-refractivity contribution in [2.24, 2.45) is 5.73 Å². The van der Waals surface area contributed by atoms with Crippen molar-refractivity contribution in [3.05, 3.63) is 48.0 Å². The summed E-state index contributed by atoms with van der Waals surface area (Å²) >= 11 is 0. The van der Waals surface area contributed by atoms with Crippen LogP contribution < -0.4 is 11.1 Å². The fourth-order valence-electron chi connectivity index (χ4n) is 3.44. The molecule has 0 spiro atoms. The number of aliphatic hydroxyl groups is 3. The molecular formula is C19H24N6O4. The van der Waals surface area contributed by atoms with Crippen LogP contribution in [0.4, 0.5) is 5.82 Å². The van der Waals surface area contributed by atoms with Crippen molar-refractivity contribution in [3.8, 4) is 0 Å². The molecule has 3 heterocycles. The van der Waals surface area contributed by atoms with Crippen molar-refractivity contribution < 1.29 is 20.1 Å². The van der Waals surface area contributed by atoms with Crippen molar-refractivity contribution in [1.82, 2.24) is 19.5 Å². The van der Waals surface area contributed by atoms with E-state index < -0.39 is 31.1 Å². The van der Waals surface area contributed by atoms with Crippen LogP contribution in [0.2, 0.25) is 0 Å². The zero-order valence-electron chi connectivity index (χ0n) is 15.7. The van der Waals surface area contributed by atoms with Gasteiger partial charge in [-0.15, -0.1) is 0 Å². The fourth-order valence-corrected chi connectivity index (χ4v) is 3.44. The van der Waals surface area contributed by atoms with E-state index in [1.807, 2.05) is 18.2 Å². The SMILES string of the molecule is NCc1nc(NCCc2ccccc2)c2ncn([C@@H]3O[C@H](CO)[C@@H](O)[C@H]3O)c2n1. The second kappa shape index (κ2) is 8.39. The Bertz CT molecular complexity index is 966. The van der Waals surface area contributed by atoms with Gasteiger partial charge in [-0.2, -0.15) is 0 Å². The molecule has 0 amide bonds. The standard InChI is InChI=1S/C19H24N6O4/c20-8-13-23-17(21-7-6-11-4-2-1-3-5-11)14-18(24-13)25(10-22-14)19-16(28)15(27)12(9-26)29-19/h1-5,10,12,15-16,19,26-28H,6-9,20H2,(H,21,23,24)/t12-,15-,16-,19-/m1/s1. The molecule has 1 aromatic carbocycles. The van der Waals surface area contributed by atoms with E-state index in [1.165, 1.54) is 16.5 Å². The molecule has 0 unspecified atom stereocenters. The lowest BCUT2D eigenvalue weighted by atomic mass is 10.1. The zero-order valence-corrected chi connectivity index (χ0v) is 15.7. The highest BCUT2D eigenvalue weighted by molar-refractivity contribution is 5.83. The number of benzene rings is 1. The largest absolute Gasteiger partial charge is 0.394 e. The number of rotatable bonds is 7. The van der Waals surface area contributed by atoms with Crippen molar-refractivity contribution in [2.75, 3.05) is 18.5 Å². The molecule has 1 aliphatic heterocycles. The molecule has 3 aromatic rings. The van der Waals surface area contributed by atoms with Gasteiger partial charge in [0.25, 0.3) is 0 Å². The van der Waals surface area contributed by atoms with Gasteiger partial charge in [-0.25, -0.2) is 15.0 Å². The number of nitrogens with one attached hydrogen (secondary N) is 1. The quantitative estimate of drug-likeness (QED) is 0.355. The number of nitrogens with zero attached hydrogens (tertiary/aromatic N) is 4. The summed E-state index contributed by atoms with van der Waals surface area (Å²) in [5, 5.41) is 33.0. The zero-order chi connectivity index (χ0) is 20.4. The van der Waals surface area contributed by atoms with E-state index in [-0.39, 0.29) is 6.54 Å². The molecule has 1 fully saturated rings. The van der Waals surface area contributed by atoms with E-state index >= 15 is 0 Å². The summed E-state index contributed by atoms with van der Waals surface area (Å²) in [4.78, 5) is 13.2. The average molecular weight is 400 g/mol. The van der Waals surface area contributed by atoms with Crippen LogP contribution in [0, 0.1) is 0 Å². The summed E-state index contributed by atoms with van der Waals surface area (Å²) in [6.45, 7) is 0.363. The van der Waals surface area contributed by atoms with Gasteiger partial charge in [0.1, 0.15) is 24.1 Å². The number of hydrogen-bond acceptors (Lipinski definition) is 9. The van der Waals surface area contributed by atoms with Crippen molar-refractivity contribution >= 4 is 17.0 Å². The molecule has 2 aromatic heterocycles. The highest BCUT2D eigenvalue weighted by Crippen LogP contribution is 2.32. The van der Waals surface area contributed by atoms with Crippen LogP contribution in [-0.4, -0.2) is 66.3 Å². The van der Waals surface area contributed by atoms with Crippen LogP contribution in [0.3, 0.4) is 0 Å². The predicted molar refractivity (Wildman–Crippen MR) is 105 cm³/mol. The number of ether oxygens (including phenoxy) is 1. The first kappa shape index (κ1) is 19.7. The van der Waals surface area contributed by atoms with Gasteiger partial charge in [0, 0.05) is 6.54 Å². The van der Waals surface area contributed by atoms with Crippen molar-refractivity contribution in [2.45, 2.75) is 37.5 Å². The van der Waals surface area contributed by atoms with Crippen molar-refractivity contribution in [1.29, 1.82) is 0 Å². The maximum Gasteiger partial charge on any atom is 0.168 e. The summed E-state index contributed by atoms with van der Waals surface area (Å²) in [6.07, 6.45) is -1.96. The van der Waals surface area contributed by atoms with Crippen LogP contribution in [-0.2, 0) is 17.7 Å². The molecule has 0 radical (unpaired) electrons. The molecule has 10 heteroatoms. The number of nitrogens with two attached hydrogens (primary N) is 1. The van der Waals surface area contributed by atoms with E-state index in [9.17, 15) is 15.3 Å². The summed E-state index contributed by atoms with van der Waals surface area (Å²) in [5.74, 6) is 0.949. The summed E-state index contributed by atoms with van der Waals surface area (Å²) in [5.41, 5.74) is 7.89. The Balaban J connectivity index is 1.61. The van der Waals surface area contributed by atoms with Crippen LogP contribution in [0.25, 0.3) is 11.2 Å². The Hall–Kier alpha value is -2.63. The maximum absolute atomic E-state index is 10.3. The second-order valence-electron chi connectivity index (χ2n) is 6.91. The van der Waals surface area contributed by atoms with E-state index in [0.29, 0.717) is 29.4 Å². The number of aliphatic hydroxyl groups excluding tert-OH is 3. The van der Waals surface area contributed by atoms with Crippen LogP contribution in [0.1, 0.15) is 17.6 Å². The van der Waals surface area contributed by atoms with Gasteiger partial charge in [-0.05, 0) is 12.0 Å². The second-order valence-corrected chi connectivity index (χ2v) is 6.91. The minimum atomic E-state index is -1.23. The lowest BCUT2D eigenvalue weighted by Gasteiger charge is -2.17. The van der Waals surface area contributed by atoms with Gasteiger partial charge in [0.05, 0.1) is 19.5 Å². The van der Waals surface area contributed by atoms with Gasteiger partial charge >= 0.3 is 0 Å². The summed E-state index contributed by atoms with van der Waals surface area (Å²) in [6, 6.07) is 10.1. The molecule has 6 N–H and O–H groups in total. The molecule has 4 atom stereocenters. The minimum Gasteiger partial charge on any atom is -0.394 e. The predicted octanol–water partition coefficient (Wildman–Crippen LogP) is -0.449. The Morgan fingerprint density at radius 3 is 2.62 bits per heavy atom. The van der Waals surface area contributed by atoms with Crippen LogP contribution in [0.5, 0.6) is 0 Å². The minimum absolute atomic E-state index is 0.129. The number of aromatic nitrogens is 4. The highest BCUT2D eigenvalue weighted by Gasteiger charge is 2.44. The first-order valence-corrected chi connectivity index (χ1v) is 9.46. The van der Waals surface area contributed by atoms with Crippen LogP contribution in [0.15, 0.2) is 36.7 Å². The third-order valence-electron chi connectivity index (χ3n) is 4.99. The maximum atomic E-state index is 10.3. The monoisotopic (exact) mass is 400 g/mol. The highest BCUT2D eigenvalue weighted by atomic mass is 16.6. The lowest BCUT2D eigenvalue weighted by Crippen LogP contribution is -2.33. The normalized spacial score (nSPS) is 24.3. The van der Waals surface area contributed by atoms with E-state index in [2.05, 4.69) is 32.4 Å². The molecule has 0 aliphatic carbocycles. The van der Waals surface area contributed by atoms with E-state index in [4.69, 9.17) is 10.5 Å². The third-order valence-corrected chi connectivity index (χ3v) is 4.99. The van der Waals surface area contributed by atoms with Gasteiger partial charge in [0.2, 0.25) is 0 Å². The fraction of sp³-hybridized carbons (Fsp3) is 0.421.